The second-order valence-electron chi connectivity index (χ2n) is 4.93. The summed E-state index contributed by atoms with van der Waals surface area (Å²) >= 11 is 0. The highest BCUT2D eigenvalue weighted by atomic mass is 16.6. The summed E-state index contributed by atoms with van der Waals surface area (Å²) in [6.07, 6.45) is 0.781. The van der Waals surface area contributed by atoms with Crippen LogP contribution in [0.3, 0.4) is 0 Å². The van der Waals surface area contributed by atoms with Gasteiger partial charge in [-0.25, -0.2) is 4.79 Å². The molecular formula is C15H20O4. The molecule has 19 heavy (non-hydrogen) atoms. The van der Waals surface area contributed by atoms with Gasteiger partial charge in [0, 0.05) is 5.56 Å². The number of fused-ring (bicyclic) bond motifs is 1. The zero-order valence-electron chi connectivity index (χ0n) is 11.9. The van der Waals surface area contributed by atoms with Gasteiger partial charge < -0.3 is 14.6 Å². The highest BCUT2D eigenvalue weighted by Crippen LogP contribution is 2.40. The van der Waals surface area contributed by atoms with E-state index < -0.39 is 6.10 Å². The maximum atomic E-state index is 11.8. The molecule has 4 heteroatoms. The van der Waals surface area contributed by atoms with Gasteiger partial charge in [0.2, 0.25) is 0 Å². The van der Waals surface area contributed by atoms with E-state index in [9.17, 15) is 9.90 Å². The van der Waals surface area contributed by atoms with Gasteiger partial charge >= 0.3 is 5.97 Å². The van der Waals surface area contributed by atoms with Crippen molar-refractivity contribution in [2.45, 2.75) is 46.6 Å². The fourth-order valence-corrected chi connectivity index (χ4v) is 2.51. The summed E-state index contributed by atoms with van der Waals surface area (Å²) in [5.74, 6) is 0.752. The molecule has 1 heterocycles. The summed E-state index contributed by atoms with van der Waals surface area (Å²) in [6, 6.07) is 0. The molecule has 1 aliphatic rings. The zero-order valence-corrected chi connectivity index (χ0v) is 11.9. The molecule has 1 unspecified atom stereocenters. The lowest BCUT2D eigenvalue weighted by Gasteiger charge is -2.28. The number of carbonyl (C=O) groups is 1. The third-order valence-electron chi connectivity index (χ3n) is 3.81. The van der Waals surface area contributed by atoms with Crippen LogP contribution in [0.5, 0.6) is 11.5 Å². The van der Waals surface area contributed by atoms with Crippen LogP contribution in [-0.4, -0.2) is 23.8 Å². The lowest BCUT2D eigenvalue weighted by molar-refractivity contribution is -0.152. The Bertz CT molecular complexity index is 520. The van der Waals surface area contributed by atoms with E-state index in [4.69, 9.17) is 9.47 Å². The summed E-state index contributed by atoms with van der Waals surface area (Å²) in [5, 5.41) is 10.1. The minimum Gasteiger partial charge on any atom is -0.507 e. The van der Waals surface area contributed by atoms with E-state index in [0.717, 1.165) is 34.4 Å². The standard InChI is InChI=1S/C15H20O4/c1-5-18-15(17)12-7-6-11-10(4)13(16)8(2)9(3)14(11)19-12/h12,16H,5-7H2,1-4H3. The molecule has 0 aliphatic carbocycles. The summed E-state index contributed by atoms with van der Waals surface area (Å²) in [6.45, 7) is 7.79. The largest absolute Gasteiger partial charge is 0.507 e. The fraction of sp³-hybridized carbons (Fsp3) is 0.533. The Morgan fingerprint density at radius 2 is 2.00 bits per heavy atom. The highest BCUT2D eigenvalue weighted by molar-refractivity contribution is 5.76. The van der Waals surface area contributed by atoms with Crippen molar-refractivity contribution in [3.05, 3.63) is 22.3 Å². The summed E-state index contributed by atoms with van der Waals surface area (Å²) < 4.78 is 10.8. The van der Waals surface area contributed by atoms with E-state index in [1.165, 1.54) is 0 Å². The molecule has 1 aliphatic heterocycles. The highest BCUT2D eigenvalue weighted by Gasteiger charge is 2.30. The number of benzene rings is 1. The number of phenolic OH excluding ortho intramolecular Hbond substituents is 1. The van der Waals surface area contributed by atoms with Gasteiger partial charge in [0.1, 0.15) is 11.5 Å². The van der Waals surface area contributed by atoms with Crippen molar-refractivity contribution in [1.29, 1.82) is 0 Å². The van der Waals surface area contributed by atoms with Crippen LogP contribution in [0.15, 0.2) is 0 Å². The number of hydrogen-bond acceptors (Lipinski definition) is 4. The first-order valence-electron chi connectivity index (χ1n) is 6.62. The van der Waals surface area contributed by atoms with Gasteiger partial charge in [-0.05, 0) is 57.2 Å². The second-order valence-corrected chi connectivity index (χ2v) is 4.93. The first-order valence-corrected chi connectivity index (χ1v) is 6.62. The lowest BCUT2D eigenvalue weighted by atomic mass is 9.91. The van der Waals surface area contributed by atoms with Crippen LogP contribution in [0, 0.1) is 20.8 Å². The maximum absolute atomic E-state index is 11.8. The average molecular weight is 264 g/mol. The zero-order chi connectivity index (χ0) is 14.2. The Hall–Kier alpha value is -1.71. The van der Waals surface area contributed by atoms with Crippen LogP contribution < -0.4 is 4.74 Å². The monoisotopic (exact) mass is 264 g/mol. The molecule has 2 rings (SSSR count). The summed E-state index contributed by atoms with van der Waals surface area (Å²) in [7, 11) is 0. The Labute approximate surface area is 113 Å². The number of phenols is 1. The Balaban J connectivity index is 2.38. The van der Waals surface area contributed by atoms with Gasteiger partial charge in [0.15, 0.2) is 6.10 Å². The molecule has 4 nitrogen and oxygen atoms in total. The number of esters is 1. The first kappa shape index (κ1) is 13.7. The van der Waals surface area contributed by atoms with E-state index in [1.807, 2.05) is 20.8 Å². The lowest BCUT2D eigenvalue weighted by Crippen LogP contribution is -2.33. The van der Waals surface area contributed by atoms with E-state index in [1.54, 1.807) is 6.92 Å². The van der Waals surface area contributed by atoms with E-state index >= 15 is 0 Å². The van der Waals surface area contributed by atoms with Crippen molar-refractivity contribution in [3.8, 4) is 11.5 Å². The molecule has 0 fully saturated rings. The van der Waals surface area contributed by atoms with Crippen LogP contribution in [0.1, 0.15) is 35.6 Å². The van der Waals surface area contributed by atoms with Gasteiger partial charge in [0.05, 0.1) is 6.61 Å². The number of carbonyl (C=O) groups excluding carboxylic acids is 1. The van der Waals surface area contributed by atoms with Crippen molar-refractivity contribution >= 4 is 5.97 Å². The first-order chi connectivity index (χ1) is 8.97. The molecule has 0 radical (unpaired) electrons. The SMILES string of the molecule is CCOC(=O)C1CCc2c(C)c(O)c(C)c(C)c2O1. The Kier molecular flexibility index (Phi) is 3.69. The normalized spacial score (nSPS) is 17.6. The van der Waals surface area contributed by atoms with Gasteiger partial charge in [-0.1, -0.05) is 0 Å². The van der Waals surface area contributed by atoms with Crippen molar-refractivity contribution in [2.24, 2.45) is 0 Å². The third kappa shape index (κ3) is 2.27. The summed E-state index contributed by atoms with van der Waals surface area (Å²) in [5.41, 5.74) is 3.55. The molecule has 104 valence electrons. The van der Waals surface area contributed by atoms with Crippen LogP contribution >= 0.6 is 0 Å². The van der Waals surface area contributed by atoms with Crippen molar-refractivity contribution in [1.82, 2.24) is 0 Å². The van der Waals surface area contributed by atoms with E-state index in [-0.39, 0.29) is 5.97 Å². The van der Waals surface area contributed by atoms with Gasteiger partial charge in [-0.3, -0.25) is 0 Å². The predicted octanol–water partition coefficient (Wildman–Crippen LogP) is 2.57. The minimum absolute atomic E-state index is 0.309. The molecule has 0 bridgehead atoms. The molecular weight excluding hydrogens is 244 g/mol. The average Bonchev–Trinajstić information content (AvgIpc) is 2.42. The molecule has 0 amide bonds. The molecule has 1 atom stereocenters. The molecule has 1 aromatic carbocycles. The third-order valence-corrected chi connectivity index (χ3v) is 3.81. The number of ether oxygens (including phenoxy) is 2. The van der Waals surface area contributed by atoms with Crippen molar-refractivity contribution in [3.63, 3.8) is 0 Å². The molecule has 0 saturated heterocycles. The molecule has 1 aromatic rings. The quantitative estimate of drug-likeness (QED) is 0.834. The number of hydrogen-bond donors (Lipinski definition) is 1. The Morgan fingerprint density at radius 1 is 1.32 bits per heavy atom. The molecule has 0 aromatic heterocycles. The van der Waals surface area contributed by atoms with E-state index in [2.05, 4.69) is 0 Å². The van der Waals surface area contributed by atoms with Crippen LogP contribution in [0.4, 0.5) is 0 Å². The predicted molar refractivity (Wildman–Crippen MR) is 71.7 cm³/mol. The molecule has 0 saturated carbocycles. The Morgan fingerprint density at radius 3 is 2.63 bits per heavy atom. The fourth-order valence-electron chi connectivity index (χ4n) is 2.51. The van der Waals surface area contributed by atoms with Crippen LogP contribution in [0.25, 0.3) is 0 Å². The molecule has 1 N–H and O–H groups in total. The molecule has 0 spiro atoms. The minimum atomic E-state index is -0.533. The van der Waals surface area contributed by atoms with Gasteiger partial charge in [-0.2, -0.15) is 0 Å². The van der Waals surface area contributed by atoms with Crippen LogP contribution in [0.2, 0.25) is 0 Å². The van der Waals surface area contributed by atoms with E-state index in [0.29, 0.717) is 18.8 Å². The summed E-state index contributed by atoms with van der Waals surface area (Å²) in [4.78, 5) is 11.8. The number of rotatable bonds is 2. The second kappa shape index (κ2) is 5.11. The topological polar surface area (TPSA) is 55.8 Å². The van der Waals surface area contributed by atoms with Crippen molar-refractivity contribution in [2.75, 3.05) is 6.61 Å². The van der Waals surface area contributed by atoms with Gasteiger partial charge in [0.25, 0.3) is 0 Å². The van der Waals surface area contributed by atoms with Gasteiger partial charge in [-0.15, -0.1) is 0 Å². The maximum Gasteiger partial charge on any atom is 0.347 e. The van der Waals surface area contributed by atoms with Crippen LogP contribution in [-0.2, 0) is 16.0 Å². The smallest absolute Gasteiger partial charge is 0.347 e. The number of aromatic hydroxyl groups is 1. The van der Waals surface area contributed by atoms with Crippen molar-refractivity contribution < 1.29 is 19.4 Å².